The monoisotopic (exact) mass is 154 g/mol. The van der Waals surface area contributed by atoms with Crippen LogP contribution in [-0.2, 0) is 4.74 Å². The van der Waals surface area contributed by atoms with Crippen LogP contribution in [0.25, 0.3) is 0 Å². The van der Waals surface area contributed by atoms with Gasteiger partial charge in [-0.05, 0) is 36.5 Å². The first kappa shape index (κ1) is 6.44. The van der Waals surface area contributed by atoms with Crippen LogP contribution >= 0.6 is 0 Å². The third-order valence-corrected chi connectivity index (χ3v) is 3.94. The SMILES string of the molecule is O[C@@H]1C[C@H]2C[C@H]1[C@H]1COC[C@@H]21. The molecule has 3 fully saturated rings. The molecule has 2 nitrogen and oxygen atoms in total. The van der Waals surface area contributed by atoms with Crippen LogP contribution in [0.15, 0.2) is 0 Å². The normalized spacial score (nSPS) is 60.3. The van der Waals surface area contributed by atoms with Crippen LogP contribution < -0.4 is 0 Å². The van der Waals surface area contributed by atoms with Crippen molar-refractivity contribution in [3.05, 3.63) is 0 Å². The van der Waals surface area contributed by atoms with E-state index in [4.69, 9.17) is 4.74 Å². The highest BCUT2D eigenvalue weighted by molar-refractivity contribution is 5.02. The maximum absolute atomic E-state index is 9.61. The van der Waals surface area contributed by atoms with Crippen LogP contribution in [0, 0.1) is 23.7 Å². The van der Waals surface area contributed by atoms with Crippen molar-refractivity contribution in [1.29, 1.82) is 0 Å². The molecule has 1 N–H and O–H groups in total. The molecule has 0 radical (unpaired) electrons. The predicted octanol–water partition coefficient (Wildman–Crippen LogP) is 0.650. The Labute approximate surface area is 66.5 Å². The number of fused-ring (bicyclic) bond motifs is 5. The molecule has 0 aromatic heterocycles. The molecular formula is C9H14O2. The summed E-state index contributed by atoms with van der Waals surface area (Å²) >= 11 is 0. The Morgan fingerprint density at radius 1 is 1.00 bits per heavy atom. The van der Waals surface area contributed by atoms with Crippen molar-refractivity contribution in [2.75, 3.05) is 13.2 Å². The highest BCUT2D eigenvalue weighted by Gasteiger charge is 2.54. The molecule has 2 bridgehead atoms. The van der Waals surface area contributed by atoms with Crippen LogP contribution in [-0.4, -0.2) is 24.4 Å². The molecule has 11 heavy (non-hydrogen) atoms. The maximum atomic E-state index is 9.61. The standard InChI is InChI=1S/C9H14O2/c10-9-2-5-1-6(9)8-4-11-3-7(5)8/h5-10H,1-4H2/t5-,6+,7+,8-,9-/m1/s1. The van der Waals surface area contributed by atoms with Crippen LogP contribution in [0.5, 0.6) is 0 Å². The van der Waals surface area contributed by atoms with Gasteiger partial charge in [-0.3, -0.25) is 0 Å². The number of hydrogen-bond acceptors (Lipinski definition) is 2. The van der Waals surface area contributed by atoms with Gasteiger partial charge in [-0.15, -0.1) is 0 Å². The third-order valence-electron chi connectivity index (χ3n) is 3.94. The Hall–Kier alpha value is -0.0800. The maximum Gasteiger partial charge on any atom is 0.0574 e. The van der Waals surface area contributed by atoms with Crippen molar-refractivity contribution in [1.82, 2.24) is 0 Å². The molecule has 3 aliphatic rings. The minimum atomic E-state index is 0.00273. The van der Waals surface area contributed by atoms with Gasteiger partial charge < -0.3 is 9.84 Å². The zero-order valence-corrected chi connectivity index (χ0v) is 6.57. The minimum absolute atomic E-state index is 0.00273. The van der Waals surface area contributed by atoms with Gasteiger partial charge in [0.2, 0.25) is 0 Å². The van der Waals surface area contributed by atoms with E-state index in [1.54, 1.807) is 0 Å². The lowest BCUT2D eigenvalue weighted by molar-refractivity contribution is 0.0677. The van der Waals surface area contributed by atoms with Gasteiger partial charge in [0.05, 0.1) is 19.3 Å². The molecule has 1 aliphatic heterocycles. The minimum Gasteiger partial charge on any atom is -0.393 e. The summed E-state index contributed by atoms with van der Waals surface area (Å²) in [7, 11) is 0. The van der Waals surface area contributed by atoms with Gasteiger partial charge >= 0.3 is 0 Å². The van der Waals surface area contributed by atoms with E-state index in [0.717, 1.165) is 31.5 Å². The van der Waals surface area contributed by atoms with Gasteiger partial charge in [0.25, 0.3) is 0 Å². The molecule has 5 atom stereocenters. The van der Waals surface area contributed by atoms with Crippen molar-refractivity contribution in [2.24, 2.45) is 23.7 Å². The second kappa shape index (κ2) is 1.99. The van der Waals surface area contributed by atoms with Crippen LogP contribution in [0.4, 0.5) is 0 Å². The van der Waals surface area contributed by atoms with E-state index < -0.39 is 0 Å². The largest absolute Gasteiger partial charge is 0.393 e. The summed E-state index contributed by atoms with van der Waals surface area (Å²) < 4.78 is 5.43. The van der Waals surface area contributed by atoms with Gasteiger partial charge in [0.15, 0.2) is 0 Å². The molecule has 1 saturated heterocycles. The fourth-order valence-electron chi connectivity index (χ4n) is 3.41. The topological polar surface area (TPSA) is 29.5 Å². The van der Waals surface area contributed by atoms with Crippen molar-refractivity contribution >= 4 is 0 Å². The molecule has 2 heteroatoms. The number of rotatable bonds is 0. The van der Waals surface area contributed by atoms with E-state index in [1.807, 2.05) is 0 Å². The molecule has 1 heterocycles. The van der Waals surface area contributed by atoms with Crippen molar-refractivity contribution in [2.45, 2.75) is 18.9 Å². The average Bonchev–Trinajstić information content (AvgIpc) is 2.52. The zero-order valence-electron chi connectivity index (χ0n) is 6.57. The molecule has 0 aromatic rings. The molecule has 0 aromatic carbocycles. The van der Waals surface area contributed by atoms with Gasteiger partial charge in [-0.25, -0.2) is 0 Å². The van der Waals surface area contributed by atoms with E-state index in [2.05, 4.69) is 0 Å². The number of ether oxygens (including phenoxy) is 1. The Morgan fingerprint density at radius 2 is 1.82 bits per heavy atom. The van der Waals surface area contributed by atoms with Crippen molar-refractivity contribution < 1.29 is 9.84 Å². The Morgan fingerprint density at radius 3 is 2.73 bits per heavy atom. The second-order valence-corrected chi connectivity index (χ2v) is 4.33. The Bertz CT molecular complexity index is 180. The lowest BCUT2D eigenvalue weighted by atomic mass is 9.80. The number of aliphatic hydroxyl groups excluding tert-OH is 1. The van der Waals surface area contributed by atoms with Crippen LogP contribution in [0.2, 0.25) is 0 Å². The molecule has 0 spiro atoms. The first-order valence-electron chi connectivity index (χ1n) is 4.62. The summed E-state index contributed by atoms with van der Waals surface area (Å²) in [5.74, 6) is 2.90. The zero-order chi connectivity index (χ0) is 7.42. The summed E-state index contributed by atoms with van der Waals surface area (Å²) in [5.41, 5.74) is 0. The van der Waals surface area contributed by atoms with Crippen molar-refractivity contribution in [3.8, 4) is 0 Å². The third kappa shape index (κ3) is 0.695. The van der Waals surface area contributed by atoms with E-state index in [1.165, 1.54) is 6.42 Å². The average molecular weight is 154 g/mol. The molecule has 62 valence electrons. The fourth-order valence-corrected chi connectivity index (χ4v) is 3.41. The number of hydrogen-bond donors (Lipinski definition) is 1. The fraction of sp³-hybridized carbons (Fsp3) is 1.00. The van der Waals surface area contributed by atoms with E-state index in [-0.39, 0.29) is 6.10 Å². The summed E-state index contributed by atoms with van der Waals surface area (Å²) in [6.07, 6.45) is 2.33. The van der Waals surface area contributed by atoms with Gasteiger partial charge in [-0.2, -0.15) is 0 Å². The Balaban J connectivity index is 1.90. The number of aliphatic hydroxyl groups is 1. The molecular weight excluding hydrogens is 140 g/mol. The summed E-state index contributed by atoms with van der Waals surface area (Å²) in [6.45, 7) is 1.89. The summed E-state index contributed by atoms with van der Waals surface area (Å²) in [4.78, 5) is 0. The van der Waals surface area contributed by atoms with Crippen molar-refractivity contribution in [3.63, 3.8) is 0 Å². The summed E-state index contributed by atoms with van der Waals surface area (Å²) in [5, 5.41) is 9.61. The van der Waals surface area contributed by atoms with E-state index in [9.17, 15) is 5.11 Å². The molecule has 2 saturated carbocycles. The molecule has 3 rings (SSSR count). The smallest absolute Gasteiger partial charge is 0.0574 e. The van der Waals surface area contributed by atoms with Gasteiger partial charge in [0, 0.05) is 0 Å². The highest BCUT2D eigenvalue weighted by Crippen LogP contribution is 2.54. The summed E-state index contributed by atoms with van der Waals surface area (Å²) in [6, 6.07) is 0. The Kier molecular flexibility index (Phi) is 1.16. The lowest BCUT2D eigenvalue weighted by Crippen LogP contribution is -2.30. The van der Waals surface area contributed by atoms with Gasteiger partial charge in [-0.1, -0.05) is 0 Å². The first-order chi connectivity index (χ1) is 5.36. The van der Waals surface area contributed by atoms with Crippen LogP contribution in [0.3, 0.4) is 0 Å². The predicted molar refractivity (Wildman–Crippen MR) is 40.0 cm³/mol. The highest BCUT2D eigenvalue weighted by atomic mass is 16.5. The van der Waals surface area contributed by atoms with E-state index >= 15 is 0 Å². The van der Waals surface area contributed by atoms with E-state index in [0.29, 0.717) is 11.8 Å². The first-order valence-corrected chi connectivity index (χ1v) is 4.62. The lowest BCUT2D eigenvalue weighted by Gasteiger charge is -2.26. The van der Waals surface area contributed by atoms with Gasteiger partial charge in [0.1, 0.15) is 0 Å². The van der Waals surface area contributed by atoms with Crippen LogP contribution in [0.1, 0.15) is 12.8 Å². The molecule has 0 unspecified atom stereocenters. The quantitative estimate of drug-likeness (QED) is 0.555. The second-order valence-electron chi connectivity index (χ2n) is 4.33. The molecule has 2 aliphatic carbocycles. The molecule has 0 amide bonds.